The first-order valence-electron chi connectivity index (χ1n) is 35.6. The Labute approximate surface area is 625 Å². The van der Waals surface area contributed by atoms with Crippen LogP contribution >= 0.6 is 0 Å². The van der Waals surface area contributed by atoms with Gasteiger partial charge in [0.1, 0.15) is 57.5 Å². The van der Waals surface area contributed by atoms with E-state index in [-0.39, 0.29) is 211 Å². The van der Waals surface area contributed by atoms with Gasteiger partial charge >= 0.3 is 53.7 Å². The standard InChI is InChI=1S/C77H96N2O29/c1-10-90-69(81)39-100-59-29-48-23-50-30-61(102-41-71(83)92-12-3)52(32-60(50)101-40-70(82)91-11-2)25-54-34-65(106-45-75(87)96-16-7)56(36-64(54)105-44-74(86)95-15-6)27-57-37-66(107-46-76(88)97-17-8)55(35-67(57)108-47-77(89)98-18-9)26-53-33-62(103-42-72(84)93-13-4)51(31-63(53)104-43-73(85)94-14-5)24-49(59)28-58(48)99-38-68(80)79-22-20-19-21-78/h28-37H,10-27,38-47,78H2,1-9H3,(H,79,80). The van der Waals surface area contributed by atoms with Gasteiger partial charge in [-0.25, -0.2) is 43.2 Å². The molecule has 10 aliphatic rings. The summed E-state index contributed by atoms with van der Waals surface area (Å²) >= 11 is 0. The lowest BCUT2D eigenvalue weighted by atomic mass is 9.94. The minimum absolute atomic E-state index is 0.00518. The molecule has 31 nitrogen and oxygen atoms in total. The van der Waals surface area contributed by atoms with Crippen molar-refractivity contribution in [3.8, 4) is 57.5 Å². The maximum atomic E-state index is 13.8. The molecule has 3 N–H and O–H groups in total. The van der Waals surface area contributed by atoms with E-state index >= 15 is 0 Å². The van der Waals surface area contributed by atoms with Crippen molar-refractivity contribution >= 4 is 59.6 Å². The molecule has 10 aliphatic carbocycles. The first-order chi connectivity index (χ1) is 52.2. The molecule has 5 aromatic carbocycles. The summed E-state index contributed by atoms with van der Waals surface area (Å²) in [5, 5.41) is 2.84. The number of hydrogen-bond acceptors (Lipinski definition) is 30. The highest BCUT2D eigenvalue weighted by Gasteiger charge is 2.28. The zero-order chi connectivity index (χ0) is 78.3. The normalized spacial score (nSPS) is 11.4. The largest absolute Gasteiger partial charge is 0.483 e. The number of benzene rings is 5. The molecule has 0 fully saturated rings. The van der Waals surface area contributed by atoms with E-state index in [9.17, 15) is 47.9 Å². The zero-order valence-corrected chi connectivity index (χ0v) is 62.5. The lowest BCUT2D eigenvalue weighted by molar-refractivity contribution is -0.146. The Kier molecular flexibility index (Phi) is 36.5. The molecule has 108 heavy (non-hydrogen) atoms. The van der Waals surface area contributed by atoms with E-state index < -0.39 is 126 Å². The van der Waals surface area contributed by atoms with Crippen LogP contribution in [0.4, 0.5) is 0 Å². The van der Waals surface area contributed by atoms with Crippen molar-refractivity contribution in [1.29, 1.82) is 0 Å². The molecule has 0 heterocycles. The van der Waals surface area contributed by atoms with E-state index in [1.807, 2.05) is 0 Å². The number of nitrogens with one attached hydrogen (secondary N) is 1. The fraction of sp³-hybridized carbons (Fsp3) is 0.481. The quantitative estimate of drug-likeness (QED) is 0.0229. The fourth-order valence-corrected chi connectivity index (χ4v) is 10.7. The van der Waals surface area contributed by atoms with Crippen LogP contribution in [-0.2, 0) is 123 Å². The molecule has 0 saturated carbocycles. The van der Waals surface area contributed by atoms with E-state index in [2.05, 4.69) is 5.32 Å². The first-order valence-corrected chi connectivity index (χ1v) is 35.6. The summed E-state index contributed by atoms with van der Waals surface area (Å²) in [6, 6.07) is 15.2. The minimum Gasteiger partial charge on any atom is -0.483 e. The van der Waals surface area contributed by atoms with E-state index in [1.54, 1.807) is 68.4 Å². The highest BCUT2D eigenvalue weighted by molar-refractivity contribution is 5.78. The molecular weight excluding hydrogens is 1420 g/mol. The lowest BCUT2D eigenvalue weighted by Gasteiger charge is -2.22. The highest BCUT2D eigenvalue weighted by atomic mass is 16.6. The molecule has 0 aliphatic heterocycles. The Balaban J connectivity index is 1.88. The molecule has 15 rings (SSSR count). The summed E-state index contributed by atoms with van der Waals surface area (Å²) in [5.41, 5.74) is 8.15. The maximum absolute atomic E-state index is 13.8. The van der Waals surface area contributed by atoms with Crippen LogP contribution in [-0.4, -0.2) is 198 Å². The molecule has 0 unspecified atom stereocenters. The van der Waals surface area contributed by atoms with Crippen LogP contribution in [0.5, 0.6) is 57.5 Å². The summed E-state index contributed by atoms with van der Waals surface area (Å²) in [7, 11) is 0. The van der Waals surface area contributed by atoms with Gasteiger partial charge in [0.25, 0.3) is 5.91 Å². The van der Waals surface area contributed by atoms with E-state index in [1.165, 1.54) is 54.6 Å². The summed E-state index contributed by atoms with van der Waals surface area (Å²) in [6.07, 6.45) is -0.0501. The van der Waals surface area contributed by atoms with Crippen molar-refractivity contribution in [3.63, 3.8) is 0 Å². The number of amides is 1. The number of ether oxygens (including phenoxy) is 19. The Bertz CT molecular complexity index is 3690. The van der Waals surface area contributed by atoms with Crippen molar-refractivity contribution < 1.29 is 138 Å². The molecule has 0 aromatic heterocycles. The molecule has 10 bridgehead atoms. The zero-order valence-electron chi connectivity index (χ0n) is 62.5. The van der Waals surface area contributed by atoms with Crippen LogP contribution in [0.15, 0.2) is 60.7 Å². The predicted octanol–water partition coefficient (Wildman–Crippen LogP) is 6.67. The summed E-state index contributed by atoms with van der Waals surface area (Å²) < 4.78 is 112. The average molecular weight is 1510 g/mol. The number of carbonyl (C=O) groups excluding carboxylic acids is 10. The van der Waals surface area contributed by atoms with E-state index in [0.29, 0.717) is 19.4 Å². The van der Waals surface area contributed by atoms with E-state index in [4.69, 9.17) is 95.7 Å². The minimum atomic E-state index is -0.774. The van der Waals surface area contributed by atoms with Gasteiger partial charge in [-0.3, -0.25) is 4.79 Å². The molecule has 588 valence electrons. The average Bonchev–Trinajstić information content (AvgIpc) is 0.907. The maximum Gasteiger partial charge on any atom is 0.344 e. The topological polar surface area (TPSA) is 384 Å². The number of hydrogen-bond donors (Lipinski definition) is 2. The van der Waals surface area contributed by atoms with Gasteiger partial charge in [-0.2, -0.15) is 0 Å². The molecule has 1 amide bonds. The summed E-state index contributed by atoms with van der Waals surface area (Å²) in [6.45, 7) is 8.43. The summed E-state index contributed by atoms with van der Waals surface area (Å²) in [4.78, 5) is 134. The second-order valence-corrected chi connectivity index (χ2v) is 23.2. The molecule has 0 spiro atoms. The molecule has 31 heteroatoms. The van der Waals surface area contributed by atoms with Gasteiger partial charge in [0.2, 0.25) is 0 Å². The van der Waals surface area contributed by atoms with Gasteiger partial charge in [0, 0.05) is 94.3 Å². The smallest absolute Gasteiger partial charge is 0.344 e. The number of esters is 9. The predicted molar refractivity (Wildman–Crippen MR) is 382 cm³/mol. The number of carbonyl (C=O) groups is 10. The van der Waals surface area contributed by atoms with Gasteiger partial charge in [-0.15, -0.1) is 0 Å². The third-order valence-corrected chi connectivity index (χ3v) is 15.3. The second-order valence-electron chi connectivity index (χ2n) is 23.2. The van der Waals surface area contributed by atoms with Gasteiger partial charge in [0.05, 0.1) is 59.5 Å². The third-order valence-electron chi connectivity index (χ3n) is 15.3. The monoisotopic (exact) mass is 1510 g/mol. The SMILES string of the molecule is CCOC(=O)COc1cc2c(OCC(=O)OCC)cc1Cc1cc(OCC(=O)OCC)c(cc1OCC(=O)NCCCCN)Cc1cc(OCC(=O)OCC)c(cc1OCC(=O)OCC)Cc1cc(OCC(=O)OCC)c(cc1OCC(=O)OCC)Cc1cc(OCC(=O)OCC)c(cc1OCC(=O)OCC)C2. The van der Waals surface area contributed by atoms with Crippen LogP contribution in [0.1, 0.15) is 131 Å². The van der Waals surface area contributed by atoms with Gasteiger partial charge in [0.15, 0.2) is 66.1 Å². The van der Waals surface area contributed by atoms with Gasteiger partial charge in [-0.1, -0.05) is 0 Å². The molecule has 0 radical (unpaired) electrons. The lowest BCUT2D eigenvalue weighted by Crippen LogP contribution is -2.30. The molecule has 0 saturated heterocycles. The molecule has 5 aromatic rings. The number of rotatable bonds is 43. The van der Waals surface area contributed by atoms with Crippen LogP contribution < -0.4 is 58.4 Å². The van der Waals surface area contributed by atoms with Gasteiger partial charge < -0.3 is 101 Å². The van der Waals surface area contributed by atoms with Crippen LogP contribution in [0, 0.1) is 0 Å². The highest BCUT2D eigenvalue weighted by Crippen LogP contribution is 2.43. The molecular formula is C77H96N2O29. The van der Waals surface area contributed by atoms with Crippen LogP contribution in [0.25, 0.3) is 0 Å². The van der Waals surface area contributed by atoms with Crippen molar-refractivity contribution in [3.05, 3.63) is 116 Å². The molecule has 0 atom stereocenters. The van der Waals surface area contributed by atoms with Crippen molar-refractivity contribution in [2.75, 3.05) is 139 Å². The van der Waals surface area contributed by atoms with Gasteiger partial charge in [-0.05, 0) is 142 Å². The number of unbranched alkanes of at least 4 members (excludes halogenated alkanes) is 1. The third kappa shape index (κ3) is 28.2. The second kappa shape index (κ2) is 46.0. The van der Waals surface area contributed by atoms with Crippen LogP contribution in [0.2, 0.25) is 0 Å². The Morgan fingerprint density at radius 2 is 0.398 bits per heavy atom. The van der Waals surface area contributed by atoms with Crippen molar-refractivity contribution in [2.24, 2.45) is 5.73 Å². The first kappa shape index (κ1) is 85.7. The Hall–Kier alpha value is -11.2. The van der Waals surface area contributed by atoms with E-state index in [0.717, 1.165) is 0 Å². The summed E-state index contributed by atoms with van der Waals surface area (Å²) in [5.74, 6) is -7.37. The number of nitrogens with two attached hydrogens (primary N) is 1. The Morgan fingerprint density at radius 3 is 0.537 bits per heavy atom. The van der Waals surface area contributed by atoms with Crippen molar-refractivity contribution in [2.45, 2.75) is 107 Å². The Morgan fingerprint density at radius 1 is 0.250 bits per heavy atom. The van der Waals surface area contributed by atoms with Crippen molar-refractivity contribution in [1.82, 2.24) is 5.32 Å². The fourth-order valence-electron chi connectivity index (χ4n) is 10.7. The van der Waals surface area contributed by atoms with Crippen LogP contribution in [0.3, 0.4) is 0 Å².